The second-order valence-corrected chi connectivity index (χ2v) is 5.67. The van der Waals surface area contributed by atoms with Gasteiger partial charge >= 0.3 is 0 Å². The molecule has 0 aliphatic carbocycles. The van der Waals surface area contributed by atoms with Crippen molar-refractivity contribution in [3.8, 4) is 0 Å². The topological polar surface area (TPSA) is 53.1 Å². The zero-order chi connectivity index (χ0) is 15.2. The van der Waals surface area contributed by atoms with Crippen LogP contribution >= 0.6 is 23.2 Å². The third kappa shape index (κ3) is 5.38. The number of likely N-dealkylation sites (N-methyl/N-ethyl adjacent to an activating group) is 1. The molecule has 0 bridgehead atoms. The Morgan fingerprint density at radius 1 is 1.00 bits per heavy atom. The van der Waals surface area contributed by atoms with Gasteiger partial charge in [-0.05, 0) is 32.3 Å². The molecule has 2 rings (SSSR count). The number of halogens is 2. The zero-order valence-electron chi connectivity index (χ0n) is 11.9. The number of aromatic nitrogens is 2. The number of benzene rings is 1. The summed E-state index contributed by atoms with van der Waals surface area (Å²) in [6.07, 6.45) is 1.51. The minimum absolute atomic E-state index is 0.573. The molecule has 0 radical (unpaired) electrons. The lowest BCUT2D eigenvalue weighted by molar-refractivity contribution is 0.425. The smallest absolute Gasteiger partial charge is 0.135 e. The van der Waals surface area contributed by atoms with Gasteiger partial charge < -0.3 is 15.5 Å². The molecule has 21 heavy (non-hydrogen) atoms. The van der Waals surface area contributed by atoms with Crippen molar-refractivity contribution in [2.24, 2.45) is 0 Å². The summed E-state index contributed by atoms with van der Waals surface area (Å²) in [7, 11) is 4.05. The average molecular weight is 326 g/mol. The molecular weight excluding hydrogens is 309 g/mol. The SMILES string of the molecule is CN(C)CCNc1cc(Nc2cc(Cl)cc(Cl)c2)ncn1. The van der Waals surface area contributed by atoms with E-state index in [9.17, 15) is 0 Å². The Labute approximate surface area is 134 Å². The Balaban J connectivity index is 2.03. The van der Waals surface area contributed by atoms with E-state index in [2.05, 4.69) is 25.5 Å². The molecule has 2 N–H and O–H groups in total. The summed E-state index contributed by atoms with van der Waals surface area (Å²) in [5, 5.41) is 7.54. The van der Waals surface area contributed by atoms with E-state index in [-0.39, 0.29) is 0 Å². The number of hydrogen-bond donors (Lipinski definition) is 2. The number of nitrogens with one attached hydrogen (secondary N) is 2. The summed E-state index contributed by atoms with van der Waals surface area (Å²) < 4.78 is 0. The highest BCUT2D eigenvalue weighted by atomic mass is 35.5. The van der Waals surface area contributed by atoms with Crippen LogP contribution in [0.25, 0.3) is 0 Å². The summed E-state index contributed by atoms with van der Waals surface area (Å²) in [6, 6.07) is 7.09. The molecule has 5 nitrogen and oxygen atoms in total. The highest BCUT2D eigenvalue weighted by molar-refractivity contribution is 6.35. The Kier molecular flexibility index (Phi) is 5.61. The first-order valence-corrected chi connectivity index (χ1v) is 7.22. The molecule has 0 amide bonds. The van der Waals surface area contributed by atoms with Crippen LogP contribution in [-0.4, -0.2) is 42.1 Å². The molecule has 0 fully saturated rings. The summed E-state index contributed by atoms with van der Waals surface area (Å²) >= 11 is 11.9. The van der Waals surface area contributed by atoms with Gasteiger partial charge in [0.15, 0.2) is 0 Å². The number of anilines is 3. The van der Waals surface area contributed by atoms with Crippen LogP contribution in [0.1, 0.15) is 0 Å². The van der Waals surface area contributed by atoms with Crippen LogP contribution in [0, 0.1) is 0 Å². The zero-order valence-corrected chi connectivity index (χ0v) is 13.4. The largest absolute Gasteiger partial charge is 0.369 e. The lowest BCUT2D eigenvalue weighted by Gasteiger charge is -2.12. The van der Waals surface area contributed by atoms with Crippen LogP contribution in [0.15, 0.2) is 30.6 Å². The monoisotopic (exact) mass is 325 g/mol. The minimum atomic E-state index is 0.573. The number of nitrogens with zero attached hydrogens (tertiary/aromatic N) is 3. The van der Waals surface area contributed by atoms with Crippen molar-refractivity contribution in [3.05, 3.63) is 40.6 Å². The first kappa shape index (κ1) is 15.8. The maximum Gasteiger partial charge on any atom is 0.135 e. The molecule has 0 spiro atoms. The Bertz CT molecular complexity index is 583. The molecule has 0 aliphatic heterocycles. The van der Waals surface area contributed by atoms with Crippen LogP contribution < -0.4 is 10.6 Å². The molecule has 1 heterocycles. The van der Waals surface area contributed by atoms with E-state index in [1.165, 1.54) is 6.33 Å². The first-order valence-electron chi connectivity index (χ1n) is 6.47. The van der Waals surface area contributed by atoms with Crippen LogP contribution in [0.2, 0.25) is 10.0 Å². The predicted molar refractivity (Wildman–Crippen MR) is 88.8 cm³/mol. The lowest BCUT2D eigenvalue weighted by atomic mass is 10.3. The molecule has 7 heteroatoms. The fourth-order valence-corrected chi connectivity index (χ4v) is 2.23. The Hall–Kier alpha value is -1.56. The van der Waals surface area contributed by atoms with Gasteiger partial charge in [0.2, 0.25) is 0 Å². The summed E-state index contributed by atoms with van der Waals surface area (Å²) in [5.41, 5.74) is 0.783. The predicted octanol–water partition coefficient (Wildman–Crippen LogP) is 3.50. The van der Waals surface area contributed by atoms with Crippen molar-refractivity contribution < 1.29 is 0 Å². The molecule has 112 valence electrons. The Morgan fingerprint density at radius 3 is 2.33 bits per heavy atom. The lowest BCUT2D eigenvalue weighted by Crippen LogP contribution is -2.21. The second kappa shape index (κ2) is 7.45. The molecule has 1 aromatic carbocycles. The van der Waals surface area contributed by atoms with Crippen LogP contribution in [0.5, 0.6) is 0 Å². The van der Waals surface area contributed by atoms with Crippen molar-refractivity contribution in [1.29, 1.82) is 0 Å². The Morgan fingerprint density at radius 2 is 1.67 bits per heavy atom. The van der Waals surface area contributed by atoms with Crippen molar-refractivity contribution in [2.45, 2.75) is 0 Å². The summed E-state index contributed by atoms with van der Waals surface area (Å²) in [4.78, 5) is 10.5. The van der Waals surface area contributed by atoms with E-state index in [1.54, 1.807) is 18.2 Å². The quantitative estimate of drug-likeness (QED) is 0.851. The van der Waals surface area contributed by atoms with Gasteiger partial charge in [-0.2, -0.15) is 0 Å². The van der Waals surface area contributed by atoms with Crippen LogP contribution in [0.4, 0.5) is 17.3 Å². The highest BCUT2D eigenvalue weighted by Crippen LogP contribution is 2.24. The van der Waals surface area contributed by atoms with Crippen molar-refractivity contribution in [1.82, 2.24) is 14.9 Å². The third-order valence-corrected chi connectivity index (χ3v) is 3.10. The maximum absolute atomic E-state index is 5.97. The molecular formula is C14H17Cl2N5. The van der Waals surface area contributed by atoms with Gasteiger partial charge in [-0.1, -0.05) is 23.2 Å². The second-order valence-electron chi connectivity index (χ2n) is 4.80. The molecule has 0 aliphatic rings. The number of rotatable bonds is 6. The third-order valence-electron chi connectivity index (χ3n) is 2.67. The van der Waals surface area contributed by atoms with Gasteiger partial charge in [-0.25, -0.2) is 9.97 Å². The summed E-state index contributed by atoms with van der Waals surface area (Å²) in [5.74, 6) is 1.44. The van der Waals surface area contributed by atoms with Gasteiger partial charge in [0.25, 0.3) is 0 Å². The molecule has 0 saturated carbocycles. The van der Waals surface area contributed by atoms with Crippen LogP contribution in [0.3, 0.4) is 0 Å². The molecule has 0 unspecified atom stereocenters. The van der Waals surface area contributed by atoms with E-state index in [1.807, 2.05) is 20.2 Å². The van der Waals surface area contributed by atoms with Crippen LogP contribution in [-0.2, 0) is 0 Å². The van der Waals surface area contributed by atoms with E-state index in [0.717, 1.165) is 24.6 Å². The van der Waals surface area contributed by atoms with Gasteiger partial charge in [0.05, 0.1) is 0 Å². The highest BCUT2D eigenvalue weighted by Gasteiger charge is 2.02. The van der Waals surface area contributed by atoms with Gasteiger partial charge in [0, 0.05) is 34.9 Å². The normalized spacial score (nSPS) is 10.7. The van der Waals surface area contributed by atoms with E-state index >= 15 is 0 Å². The molecule has 2 aromatic rings. The number of hydrogen-bond acceptors (Lipinski definition) is 5. The van der Waals surface area contributed by atoms with E-state index in [4.69, 9.17) is 23.2 Å². The van der Waals surface area contributed by atoms with Crippen molar-refractivity contribution in [3.63, 3.8) is 0 Å². The molecule has 0 atom stereocenters. The molecule has 0 saturated heterocycles. The maximum atomic E-state index is 5.97. The minimum Gasteiger partial charge on any atom is -0.369 e. The van der Waals surface area contributed by atoms with Crippen molar-refractivity contribution in [2.75, 3.05) is 37.8 Å². The standard InChI is InChI=1S/C14H17Cl2N5/c1-21(2)4-3-17-13-8-14(19-9-18-13)20-12-6-10(15)5-11(16)7-12/h5-9H,3-4H2,1-2H3,(H2,17,18,19,20). The fraction of sp³-hybridized carbons (Fsp3) is 0.286. The average Bonchev–Trinajstić information content (AvgIpc) is 2.37. The van der Waals surface area contributed by atoms with E-state index in [0.29, 0.717) is 15.9 Å². The van der Waals surface area contributed by atoms with E-state index < -0.39 is 0 Å². The fourth-order valence-electron chi connectivity index (χ4n) is 1.70. The first-order chi connectivity index (χ1) is 10.0. The van der Waals surface area contributed by atoms with Gasteiger partial charge in [-0.3, -0.25) is 0 Å². The van der Waals surface area contributed by atoms with Crippen molar-refractivity contribution >= 4 is 40.5 Å². The molecule has 1 aromatic heterocycles. The summed E-state index contributed by atoms with van der Waals surface area (Å²) in [6.45, 7) is 1.74. The van der Waals surface area contributed by atoms with Gasteiger partial charge in [0.1, 0.15) is 18.0 Å². The van der Waals surface area contributed by atoms with Gasteiger partial charge in [-0.15, -0.1) is 0 Å².